The molecule has 3 aromatic rings. The van der Waals surface area contributed by atoms with Crippen molar-refractivity contribution in [2.75, 3.05) is 5.32 Å². The summed E-state index contributed by atoms with van der Waals surface area (Å²) < 4.78 is 6.46. The van der Waals surface area contributed by atoms with Gasteiger partial charge in [0.25, 0.3) is 5.91 Å². The summed E-state index contributed by atoms with van der Waals surface area (Å²) in [6, 6.07) is 5.15. The zero-order chi connectivity index (χ0) is 18.8. The molecule has 9 nitrogen and oxygen atoms in total. The van der Waals surface area contributed by atoms with Gasteiger partial charge in [-0.3, -0.25) is 19.6 Å². The summed E-state index contributed by atoms with van der Waals surface area (Å²) in [5.41, 5.74) is 1.84. The molecule has 0 bridgehead atoms. The minimum Gasteiger partial charge on any atom is -0.361 e. The molecule has 0 atom stereocenters. The van der Waals surface area contributed by atoms with Crippen LogP contribution in [0.2, 0.25) is 5.02 Å². The molecule has 0 fully saturated rings. The van der Waals surface area contributed by atoms with Gasteiger partial charge < -0.3 is 9.84 Å². The van der Waals surface area contributed by atoms with Gasteiger partial charge >= 0.3 is 5.69 Å². The van der Waals surface area contributed by atoms with Crippen LogP contribution in [0.5, 0.6) is 0 Å². The highest BCUT2D eigenvalue weighted by Crippen LogP contribution is 2.22. The van der Waals surface area contributed by atoms with E-state index < -0.39 is 10.8 Å². The Balaban J connectivity index is 1.82. The van der Waals surface area contributed by atoms with E-state index in [0.717, 1.165) is 11.8 Å². The number of nitrogens with zero attached hydrogens (tertiary/aromatic N) is 4. The minimum atomic E-state index is -0.543. The van der Waals surface area contributed by atoms with Crippen molar-refractivity contribution in [3.05, 3.63) is 68.3 Å². The van der Waals surface area contributed by atoms with Crippen LogP contribution in [0, 0.1) is 24.0 Å². The number of carbonyl (C=O) groups is 1. The number of nitro groups is 1. The zero-order valence-corrected chi connectivity index (χ0v) is 14.6. The first-order valence-corrected chi connectivity index (χ1v) is 7.92. The lowest BCUT2D eigenvalue weighted by atomic mass is 10.1. The van der Waals surface area contributed by atoms with Gasteiger partial charge in [-0.05, 0) is 31.5 Å². The molecule has 3 rings (SSSR count). The summed E-state index contributed by atoms with van der Waals surface area (Å²) in [5, 5.41) is 21.7. The van der Waals surface area contributed by atoms with E-state index in [1.807, 2.05) is 6.92 Å². The van der Waals surface area contributed by atoms with Gasteiger partial charge in [0.1, 0.15) is 18.2 Å². The Morgan fingerprint density at radius 1 is 1.42 bits per heavy atom. The number of hydrogen-bond acceptors (Lipinski definition) is 6. The Morgan fingerprint density at radius 3 is 2.85 bits per heavy atom. The molecular weight excluding hydrogens is 362 g/mol. The number of anilines is 1. The lowest BCUT2D eigenvalue weighted by Gasteiger charge is -2.07. The maximum Gasteiger partial charge on any atom is 0.307 e. The van der Waals surface area contributed by atoms with Crippen LogP contribution in [-0.2, 0) is 6.54 Å². The van der Waals surface area contributed by atoms with Crippen molar-refractivity contribution < 1.29 is 14.2 Å². The molecule has 0 unspecified atom stereocenters. The molecule has 0 saturated heterocycles. The number of carbonyl (C=O) groups excluding carboxylic acids is 1. The zero-order valence-electron chi connectivity index (χ0n) is 13.9. The molecule has 1 N–H and O–H groups in total. The maximum atomic E-state index is 12.5. The van der Waals surface area contributed by atoms with Crippen LogP contribution in [0.25, 0.3) is 0 Å². The molecule has 0 aliphatic rings. The van der Waals surface area contributed by atoms with Crippen molar-refractivity contribution >= 4 is 28.9 Å². The quantitative estimate of drug-likeness (QED) is 0.540. The molecule has 10 heteroatoms. The van der Waals surface area contributed by atoms with Crippen molar-refractivity contribution in [2.45, 2.75) is 20.4 Å². The average molecular weight is 376 g/mol. The summed E-state index contributed by atoms with van der Waals surface area (Å²) in [7, 11) is 0. The second-order valence-electron chi connectivity index (χ2n) is 5.64. The lowest BCUT2D eigenvalue weighted by molar-refractivity contribution is -0.385. The molecule has 0 saturated carbocycles. The third-order valence-corrected chi connectivity index (χ3v) is 4.19. The minimum absolute atomic E-state index is 0.0809. The summed E-state index contributed by atoms with van der Waals surface area (Å²) in [5.74, 6) is -0.0475. The van der Waals surface area contributed by atoms with Crippen molar-refractivity contribution in [1.29, 1.82) is 0 Å². The summed E-state index contributed by atoms with van der Waals surface area (Å²) in [6.45, 7) is 3.62. The van der Waals surface area contributed by atoms with Gasteiger partial charge in [0, 0.05) is 16.3 Å². The smallest absolute Gasteiger partial charge is 0.307 e. The second kappa shape index (κ2) is 6.96. The maximum absolute atomic E-state index is 12.5. The lowest BCUT2D eigenvalue weighted by Crippen LogP contribution is -2.16. The highest BCUT2D eigenvalue weighted by atomic mass is 35.5. The van der Waals surface area contributed by atoms with Crippen LogP contribution in [-0.4, -0.2) is 25.8 Å². The Hall–Kier alpha value is -3.20. The molecule has 1 aromatic carbocycles. The van der Waals surface area contributed by atoms with Crippen LogP contribution in [0.15, 0.2) is 35.1 Å². The van der Waals surface area contributed by atoms with E-state index in [2.05, 4.69) is 15.6 Å². The predicted octanol–water partition coefficient (Wildman–Crippen LogP) is 3.35. The summed E-state index contributed by atoms with van der Waals surface area (Å²) in [6.07, 6.45) is 2.41. The van der Waals surface area contributed by atoms with E-state index in [4.69, 9.17) is 16.1 Å². The van der Waals surface area contributed by atoms with Gasteiger partial charge in [-0.2, -0.15) is 5.10 Å². The summed E-state index contributed by atoms with van der Waals surface area (Å²) >= 11 is 6.06. The van der Waals surface area contributed by atoms with Crippen LogP contribution < -0.4 is 5.32 Å². The third-order valence-electron chi connectivity index (χ3n) is 3.78. The number of amides is 1. The Morgan fingerprint density at radius 2 is 2.19 bits per heavy atom. The highest BCUT2D eigenvalue weighted by Gasteiger charge is 2.21. The molecule has 26 heavy (non-hydrogen) atoms. The number of rotatable bonds is 5. The fourth-order valence-electron chi connectivity index (χ4n) is 2.31. The van der Waals surface area contributed by atoms with Crippen LogP contribution in [0.4, 0.5) is 11.4 Å². The van der Waals surface area contributed by atoms with E-state index >= 15 is 0 Å². The Bertz CT molecular complexity index is 994. The van der Waals surface area contributed by atoms with Crippen LogP contribution in [0.3, 0.4) is 0 Å². The van der Waals surface area contributed by atoms with Crippen molar-refractivity contribution in [2.24, 2.45) is 0 Å². The monoisotopic (exact) mass is 375 g/mol. The Kier molecular flexibility index (Phi) is 4.72. The third kappa shape index (κ3) is 3.57. The predicted molar refractivity (Wildman–Crippen MR) is 93.4 cm³/mol. The first kappa shape index (κ1) is 17.6. The summed E-state index contributed by atoms with van der Waals surface area (Å²) in [4.78, 5) is 22.8. The number of nitrogens with one attached hydrogen (secondary N) is 1. The molecule has 0 spiro atoms. The number of aryl methyl sites for hydroxylation is 2. The fraction of sp³-hybridized carbons (Fsp3) is 0.188. The first-order valence-electron chi connectivity index (χ1n) is 7.54. The van der Waals surface area contributed by atoms with E-state index in [0.29, 0.717) is 22.0 Å². The van der Waals surface area contributed by atoms with Crippen molar-refractivity contribution in [1.82, 2.24) is 14.9 Å². The van der Waals surface area contributed by atoms with E-state index in [1.165, 1.54) is 10.9 Å². The number of benzene rings is 1. The van der Waals surface area contributed by atoms with Crippen LogP contribution in [0.1, 0.15) is 27.4 Å². The number of aromatic nitrogens is 3. The van der Waals surface area contributed by atoms with Crippen molar-refractivity contribution in [3.63, 3.8) is 0 Å². The Labute approximate surface area is 152 Å². The van der Waals surface area contributed by atoms with Crippen LogP contribution >= 0.6 is 11.6 Å². The normalized spacial score (nSPS) is 10.7. The van der Waals surface area contributed by atoms with Gasteiger partial charge in [-0.25, -0.2) is 0 Å². The van der Waals surface area contributed by atoms with Crippen molar-refractivity contribution in [3.8, 4) is 0 Å². The molecule has 2 heterocycles. The number of halogens is 1. The largest absolute Gasteiger partial charge is 0.361 e. The first-order chi connectivity index (χ1) is 12.3. The highest BCUT2D eigenvalue weighted by molar-refractivity contribution is 6.31. The van der Waals surface area contributed by atoms with E-state index in [1.54, 1.807) is 25.1 Å². The molecule has 0 radical (unpaired) electrons. The standard InChI is InChI=1S/C16H14ClN5O4/c1-9-3-4-11(5-14(9)17)19-16(23)15-13(10(2)26-20-15)8-21-7-12(6-18-21)22(24)25/h3-7H,8H2,1-2H3,(H,19,23). The molecule has 0 aliphatic heterocycles. The molecule has 0 aliphatic carbocycles. The topological polar surface area (TPSA) is 116 Å². The molecule has 2 aromatic heterocycles. The second-order valence-corrected chi connectivity index (χ2v) is 6.04. The molecular formula is C16H14ClN5O4. The number of hydrogen-bond donors (Lipinski definition) is 1. The fourth-order valence-corrected chi connectivity index (χ4v) is 2.49. The van der Waals surface area contributed by atoms with Gasteiger partial charge in [-0.1, -0.05) is 22.8 Å². The van der Waals surface area contributed by atoms with Gasteiger partial charge in [0.15, 0.2) is 5.69 Å². The van der Waals surface area contributed by atoms with Gasteiger partial charge in [0.2, 0.25) is 0 Å². The SMILES string of the molecule is Cc1ccc(NC(=O)c2noc(C)c2Cn2cc([N+](=O)[O-])cn2)cc1Cl. The van der Waals surface area contributed by atoms with Gasteiger partial charge in [0.05, 0.1) is 11.5 Å². The molecule has 1 amide bonds. The average Bonchev–Trinajstić information content (AvgIpc) is 3.19. The molecule has 134 valence electrons. The van der Waals surface area contributed by atoms with E-state index in [-0.39, 0.29) is 17.9 Å². The van der Waals surface area contributed by atoms with E-state index in [9.17, 15) is 14.9 Å². The van der Waals surface area contributed by atoms with Gasteiger partial charge in [-0.15, -0.1) is 0 Å².